The van der Waals surface area contributed by atoms with Crippen molar-refractivity contribution in [3.05, 3.63) is 0 Å². The number of rotatable bonds is 4. The minimum Gasteiger partial charge on any atom is -0.369 e. The molecule has 4 aliphatic carbocycles. The summed E-state index contributed by atoms with van der Waals surface area (Å²) in [7, 11) is 0. The lowest BCUT2D eigenvalue weighted by atomic mass is 9.53. The van der Waals surface area contributed by atoms with E-state index in [1.165, 1.54) is 19.3 Å². The molecule has 4 amide bonds. The van der Waals surface area contributed by atoms with Gasteiger partial charge in [-0.05, 0) is 89.1 Å². The molecule has 0 aromatic rings. The number of carbonyl (C=O) groups is 3. The van der Waals surface area contributed by atoms with Crippen molar-refractivity contribution in [1.82, 2.24) is 15.5 Å². The molecular formula is C20H32N4O3. The number of hydrogen-bond donors (Lipinski definition) is 3. The quantitative estimate of drug-likeness (QED) is 0.689. The van der Waals surface area contributed by atoms with Crippen molar-refractivity contribution >= 4 is 17.8 Å². The third kappa shape index (κ3) is 3.84. The number of carbonyl (C=O) groups excluding carboxylic acids is 3. The molecule has 1 unspecified atom stereocenters. The molecule has 7 heteroatoms. The number of nitrogens with one attached hydrogen (secondary N) is 2. The second kappa shape index (κ2) is 7.08. The van der Waals surface area contributed by atoms with Crippen LogP contribution in [0.2, 0.25) is 0 Å². The Labute approximate surface area is 160 Å². The highest BCUT2D eigenvalue weighted by Gasteiger charge is 2.51. The molecule has 0 radical (unpaired) electrons. The molecule has 7 nitrogen and oxygen atoms in total. The van der Waals surface area contributed by atoms with Crippen LogP contribution in [0.1, 0.15) is 58.3 Å². The van der Waals surface area contributed by atoms with Gasteiger partial charge in [0, 0.05) is 11.5 Å². The Bertz CT molecular complexity index is 591. The topological polar surface area (TPSA) is 105 Å². The van der Waals surface area contributed by atoms with Crippen molar-refractivity contribution in [2.45, 2.75) is 69.9 Å². The maximum absolute atomic E-state index is 12.5. The predicted molar refractivity (Wildman–Crippen MR) is 101 cm³/mol. The van der Waals surface area contributed by atoms with Crippen molar-refractivity contribution < 1.29 is 14.4 Å². The van der Waals surface area contributed by atoms with Crippen LogP contribution in [0, 0.1) is 23.7 Å². The van der Waals surface area contributed by atoms with Crippen LogP contribution in [0.4, 0.5) is 4.79 Å². The fourth-order valence-corrected chi connectivity index (χ4v) is 6.49. The van der Waals surface area contributed by atoms with Crippen LogP contribution < -0.4 is 16.4 Å². The lowest BCUT2D eigenvalue weighted by Crippen LogP contribution is -2.62. The van der Waals surface area contributed by atoms with Crippen LogP contribution in [0.3, 0.4) is 0 Å². The average molecular weight is 377 g/mol. The number of hydrogen-bond acceptors (Lipinski definition) is 4. The van der Waals surface area contributed by atoms with Gasteiger partial charge in [0.15, 0.2) is 0 Å². The maximum Gasteiger partial charge on any atom is 0.321 e. The summed E-state index contributed by atoms with van der Waals surface area (Å²) in [4.78, 5) is 38.4. The molecule has 0 aromatic carbocycles. The van der Waals surface area contributed by atoms with Gasteiger partial charge in [-0.15, -0.1) is 0 Å². The summed E-state index contributed by atoms with van der Waals surface area (Å²) in [6.45, 7) is 3.12. The van der Waals surface area contributed by atoms with E-state index >= 15 is 0 Å². The summed E-state index contributed by atoms with van der Waals surface area (Å²) in [6, 6.07) is -0.734. The second-order valence-corrected chi connectivity index (χ2v) is 9.53. The van der Waals surface area contributed by atoms with Gasteiger partial charge in [-0.3, -0.25) is 19.8 Å². The van der Waals surface area contributed by atoms with E-state index in [0.29, 0.717) is 25.9 Å². The molecule has 5 aliphatic rings. The largest absolute Gasteiger partial charge is 0.369 e. The number of amides is 4. The zero-order chi connectivity index (χ0) is 19.2. The predicted octanol–water partition coefficient (Wildman–Crippen LogP) is 1.37. The van der Waals surface area contributed by atoms with Crippen molar-refractivity contribution in [3.8, 4) is 0 Å². The number of imide groups is 1. The van der Waals surface area contributed by atoms with E-state index in [4.69, 9.17) is 5.73 Å². The minimum atomic E-state index is -0.388. The van der Waals surface area contributed by atoms with E-state index in [1.807, 2.05) is 11.8 Å². The number of likely N-dealkylation sites (tertiary alicyclic amines) is 1. The third-order valence-corrected chi connectivity index (χ3v) is 7.51. The van der Waals surface area contributed by atoms with E-state index in [9.17, 15) is 14.4 Å². The highest BCUT2D eigenvalue weighted by Crippen LogP contribution is 2.55. The molecule has 5 fully saturated rings. The van der Waals surface area contributed by atoms with Gasteiger partial charge in [0.1, 0.15) is 0 Å². The number of urea groups is 1. The normalized spacial score (nSPS) is 37.0. The summed E-state index contributed by atoms with van der Waals surface area (Å²) >= 11 is 0. The number of nitrogens with two attached hydrogens (primary N) is 1. The Hall–Kier alpha value is -1.63. The van der Waals surface area contributed by atoms with Gasteiger partial charge in [-0.2, -0.15) is 0 Å². The Morgan fingerprint density at radius 2 is 1.52 bits per heavy atom. The van der Waals surface area contributed by atoms with Gasteiger partial charge in [0.2, 0.25) is 11.8 Å². The van der Waals surface area contributed by atoms with E-state index in [-0.39, 0.29) is 35.3 Å². The van der Waals surface area contributed by atoms with Crippen molar-refractivity contribution in [3.63, 3.8) is 0 Å². The first-order valence-electron chi connectivity index (χ1n) is 10.5. The third-order valence-electron chi connectivity index (χ3n) is 7.51. The number of nitrogens with zero attached hydrogens (tertiary/aromatic N) is 1. The Balaban J connectivity index is 1.28. The molecule has 4 N–H and O–H groups in total. The molecule has 27 heavy (non-hydrogen) atoms. The van der Waals surface area contributed by atoms with Crippen LogP contribution in [0.25, 0.3) is 0 Å². The first-order chi connectivity index (χ1) is 12.8. The van der Waals surface area contributed by atoms with Crippen molar-refractivity contribution in [2.24, 2.45) is 29.4 Å². The first kappa shape index (κ1) is 18.7. The van der Waals surface area contributed by atoms with E-state index in [1.54, 1.807) is 0 Å². The molecule has 1 aliphatic heterocycles. The van der Waals surface area contributed by atoms with E-state index < -0.39 is 0 Å². The summed E-state index contributed by atoms with van der Waals surface area (Å²) in [5.41, 5.74) is 5.27. The van der Waals surface area contributed by atoms with Crippen LogP contribution in [-0.4, -0.2) is 47.4 Å². The van der Waals surface area contributed by atoms with Gasteiger partial charge in [0.05, 0.1) is 6.04 Å². The van der Waals surface area contributed by atoms with Crippen LogP contribution >= 0.6 is 0 Å². The molecule has 0 aromatic heterocycles. The zero-order valence-corrected chi connectivity index (χ0v) is 16.2. The highest BCUT2D eigenvalue weighted by atomic mass is 16.2. The fraction of sp³-hybridized carbons (Fsp3) is 0.850. The molecule has 4 bridgehead atoms. The van der Waals surface area contributed by atoms with Gasteiger partial charge < -0.3 is 11.1 Å². The molecule has 1 heterocycles. The Morgan fingerprint density at radius 1 is 1.00 bits per heavy atom. The standard InChI is InChI=1S/C20H32N4O3/c1-12(24-4-2-16(3-5-24)17(21)25)18(26)22-19(27)23-20-9-13-6-14(10-20)8-15(7-13)11-20/h12-16H,2-11H2,1H3,(H2,21,25)(H2,22,23,26,27). The number of piperidine rings is 1. The Morgan fingerprint density at radius 3 is 2.00 bits per heavy atom. The molecule has 1 saturated heterocycles. The molecule has 0 spiro atoms. The fourth-order valence-electron chi connectivity index (χ4n) is 6.49. The highest BCUT2D eigenvalue weighted by molar-refractivity contribution is 5.97. The first-order valence-corrected chi connectivity index (χ1v) is 10.5. The van der Waals surface area contributed by atoms with Gasteiger partial charge in [-0.25, -0.2) is 4.79 Å². The van der Waals surface area contributed by atoms with Crippen molar-refractivity contribution in [2.75, 3.05) is 13.1 Å². The van der Waals surface area contributed by atoms with Crippen LogP contribution in [0.5, 0.6) is 0 Å². The lowest BCUT2D eigenvalue weighted by molar-refractivity contribution is -0.126. The SMILES string of the molecule is CC(C(=O)NC(=O)NC12CC3CC(CC(C3)C1)C2)N1CCC(C(N)=O)CC1. The second-order valence-electron chi connectivity index (χ2n) is 9.53. The van der Waals surface area contributed by atoms with Crippen molar-refractivity contribution in [1.29, 1.82) is 0 Å². The molecule has 150 valence electrons. The smallest absolute Gasteiger partial charge is 0.321 e. The summed E-state index contributed by atoms with van der Waals surface area (Å²) in [6.07, 6.45) is 8.50. The molecule has 5 rings (SSSR count). The summed E-state index contributed by atoms with van der Waals surface area (Å²) in [5.74, 6) is 1.61. The van der Waals surface area contributed by atoms with Gasteiger partial charge >= 0.3 is 6.03 Å². The van der Waals surface area contributed by atoms with E-state index in [2.05, 4.69) is 10.6 Å². The van der Waals surface area contributed by atoms with Crippen LogP contribution in [-0.2, 0) is 9.59 Å². The van der Waals surface area contributed by atoms with Gasteiger partial charge in [-0.1, -0.05) is 0 Å². The zero-order valence-electron chi connectivity index (χ0n) is 16.2. The number of primary amides is 1. The minimum absolute atomic E-state index is 0.0951. The maximum atomic E-state index is 12.5. The lowest BCUT2D eigenvalue weighted by Gasteiger charge is -2.56. The molecular weight excluding hydrogens is 344 g/mol. The van der Waals surface area contributed by atoms with E-state index in [0.717, 1.165) is 37.0 Å². The Kier molecular flexibility index (Phi) is 4.91. The summed E-state index contributed by atoms with van der Waals surface area (Å²) in [5, 5.41) is 5.75. The van der Waals surface area contributed by atoms with Gasteiger partial charge in [0.25, 0.3) is 0 Å². The van der Waals surface area contributed by atoms with Crippen LogP contribution in [0.15, 0.2) is 0 Å². The molecule has 1 atom stereocenters. The summed E-state index contributed by atoms with van der Waals surface area (Å²) < 4.78 is 0. The molecule has 4 saturated carbocycles. The monoisotopic (exact) mass is 376 g/mol. The average Bonchev–Trinajstić information content (AvgIpc) is 2.59.